The third kappa shape index (κ3) is 3.89. The molecule has 0 aliphatic heterocycles. The first kappa shape index (κ1) is 14.2. The van der Waals surface area contributed by atoms with Crippen LogP contribution in [0.2, 0.25) is 10.0 Å². The van der Waals surface area contributed by atoms with E-state index in [1.54, 1.807) is 6.07 Å². The molecule has 0 amide bonds. The summed E-state index contributed by atoms with van der Waals surface area (Å²) in [6.07, 6.45) is 0. The summed E-state index contributed by atoms with van der Waals surface area (Å²) in [5, 5.41) is 4.62. The molecule has 2 aromatic carbocycles. The fraction of sp³-hybridized carbons (Fsp3) is 0.0769. The molecule has 0 bridgehead atoms. The summed E-state index contributed by atoms with van der Waals surface area (Å²) in [4.78, 5) is 0. The predicted molar refractivity (Wildman–Crippen MR) is 85.6 cm³/mol. The van der Waals surface area contributed by atoms with Crippen molar-refractivity contribution in [2.24, 2.45) is 0 Å². The van der Waals surface area contributed by atoms with Crippen LogP contribution in [0.4, 0.5) is 5.69 Å². The summed E-state index contributed by atoms with van der Waals surface area (Å²) in [6.45, 7) is 0.667. The number of benzene rings is 2. The first-order chi connectivity index (χ1) is 8.54. The second-order valence-corrected chi connectivity index (χ2v) is 6.40. The molecule has 0 saturated carbocycles. The molecule has 0 aromatic heterocycles. The van der Waals surface area contributed by atoms with E-state index in [4.69, 9.17) is 23.2 Å². The van der Waals surface area contributed by atoms with Crippen molar-refractivity contribution in [1.29, 1.82) is 0 Å². The summed E-state index contributed by atoms with van der Waals surface area (Å²) in [5.41, 5.74) is 2.07. The van der Waals surface area contributed by atoms with Crippen molar-refractivity contribution in [2.75, 3.05) is 5.32 Å². The van der Waals surface area contributed by atoms with Crippen LogP contribution in [0.25, 0.3) is 0 Å². The highest BCUT2D eigenvalue weighted by Gasteiger charge is 2.02. The number of halogens is 4. The molecule has 0 fully saturated rings. The zero-order chi connectivity index (χ0) is 13.1. The Labute approximate surface area is 133 Å². The predicted octanol–water partition coefficient (Wildman–Crippen LogP) is 6.13. The third-order valence-electron chi connectivity index (χ3n) is 2.34. The van der Waals surface area contributed by atoms with Crippen molar-refractivity contribution in [2.45, 2.75) is 6.54 Å². The molecule has 0 spiro atoms. The van der Waals surface area contributed by atoms with Gasteiger partial charge in [-0.2, -0.15) is 0 Å². The monoisotopic (exact) mass is 407 g/mol. The Morgan fingerprint density at radius 1 is 0.944 bits per heavy atom. The van der Waals surface area contributed by atoms with Crippen molar-refractivity contribution >= 4 is 60.7 Å². The number of hydrogen-bond donors (Lipinski definition) is 1. The largest absolute Gasteiger partial charge is 0.380 e. The van der Waals surface area contributed by atoms with E-state index in [1.807, 2.05) is 30.3 Å². The van der Waals surface area contributed by atoms with Gasteiger partial charge in [-0.3, -0.25) is 0 Å². The molecular weight excluding hydrogens is 401 g/mol. The second-order valence-electron chi connectivity index (χ2n) is 3.76. The Bertz CT molecular complexity index is 553. The van der Waals surface area contributed by atoms with Gasteiger partial charge < -0.3 is 5.32 Å². The zero-order valence-corrected chi connectivity index (χ0v) is 13.9. The average molecular weight is 410 g/mol. The van der Waals surface area contributed by atoms with Gasteiger partial charge in [-0.05, 0) is 57.9 Å². The molecular formula is C13H9Br2Cl2N. The van der Waals surface area contributed by atoms with Gasteiger partial charge in [0.1, 0.15) is 0 Å². The lowest BCUT2D eigenvalue weighted by atomic mass is 10.2. The number of rotatable bonds is 3. The van der Waals surface area contributed by atoms with E-state index in [0.29, 0.717) is 16.6 Å². The lowest BCUT2D eigenvalue weighted by Gasteiger charge is -2.09. The Hall–Kier alpha value is -0.220. The molecule has 0 saturated heterocycles. The van der Waals surface area contributed by atoms with Gasteiger partial charge in [0.25, 0.3) is 0 Å². The van der Waals surface area contributed by atoms with E-state index in [2.05, 4.69) is 37.2 Å². The molecule has 1 N–H and O–H groups in total. The average Bonchev–Trinajstić information content (AvgIpc) is 2.26. The highest BCUT2D eigenvalue weighted by Crippen LogP contribution is 2.27. The van der Waals surface area contributed by atoms with Crippen LogP contribution in [0.3, 0.4) is 0 Å². The molecule has 2 rings (SSSR count). The van der Waals surface area contributed by atoms with Gasteiger partial charge in [-0.15, -0.1) is 0 Å². The molecule has 5 heteroatoms. The number of hydrogen-bond acceptors (Lipinski definition) is 1. The molecule has 0 heterocycles. The summed E-state index contributed by atoms with van der Waals surface area (Å²) in [5.74, 6) is 0. The van der Waals surface area contributed by atoms with E-state index < -0.39 is 0 Å². The molecule has 0 radical (unpaired) electrons. The summed E-state index contributed by atoms with van der Waals surface area (Å²) in [7, 11) is 0. The SMILES string of the molecule is Clc1cc(Cl)cc(CNc2ccc(Br)cc2Br)c1. The fourth-order valence-electron chi connectivity index (χ4n) is 1.54. The quantitative estimate of drug-likeness (QED) is 0.642. The van der Waals surface area contributed by atoms with Gasteiger partial charge in [-0.1, -0.05) is 39.1 Å². The second kappa shape index (κ2) is 6.29. The van der Waals surface area contributed by atoms with Crippen LogP contribution < -0.4 is 5.32 Å². The molecule has 2 aromatic rings. The normalized spacial score (nSPS) is 10.4. The smallest absolute Gasteiger partial charge is 0.0488 e. The highest BCUT2D eigenvalue weighted by molar-refractivity contribution is 9.11. The van der Waals surface area contributed by atoms with Crippen LogP contribution in [0.15, 0.2) is 45.3 Å². The van der Waals surface area contributed by atoms with Crippen LogP contribution in [0.5, 0.6) is 0 Å². The van der Waals surface area contributed by atoms with Crippen LogP contribution in [0.1, 0.15) is 5.56 Å². The molecule has 1 nitrogen and oxygen atoms in total. The lowest BCUT2D eigenvalue weighted by molar-refractivity contribution is 1.15. The molecule has 18 heavy (non-hydrogen) atoms. The molecule has 0 atom stereocenters. The van der Waals surface area contributed by atoms with Crippen LogP contribution in [-0.4, -0.2) is 0 Å². The lowest BCUT2D eigenvalue weighted by Crippen LogP contribution is -2.00. The fourth-order valence-corrected chi connectivity index (χ4v) is 3.30. The van der Waals surface area contributed by atoms with Gasteiger partial charge in [0.2, 0.25) is 0 Å². The van der Waals surface area contributed by atoms with E-state index in [-0.39, 0.29) is 0 Å². The van der Waals surface area contributed by atoms with Gasteiger partial charge in [0.05, 0.1) is 0 Å². The van der Waals surface area contributed by atoms with Gasteiger partial charge in [-0.25, -0.2) is 0 Å². The minimum atomic E-state index is 0.647. The van der Waals surface area contributed by atoms with Crippen molar-refractivity contribution < 1.29 is 0 Å². The Balaban J connectivity index is 2.11. The van der Waals surface area contributed by atoms with Gasteiger partial charge in [0, 0.05) is 31.2 Å². The van der Waals surface area contributed by atoms with Gasteiger partial charge in [0.15, 0.2) is 0 Å². The van der Waals surface area contributed by atoms with Crippen LogP contribution >= 0.6 is 55.1 Å². The van der Waals surface area contributed by atoms with Crippen LogP contribution in [0, 0.1) is 0 Å². The maximum absolute atomic E-state index is 5.96. The Kier molecular flexibility index (Phi) is 4.96. The van der Waals surface area contributed by atoms with E-state index in [9.17, 15) is 0 Å². The first-order valence-electron chi connectivity index (χ1n) is 5.18. The summed E-state index contributed by atoms with van der Waals surface area (Å²) < 4.78 is 2.04. The minimum Gasteiger partial charge on any atom is -0.380 e. The first-order valence-corrected chi connectivity index (χ1v) is 7.53. The Morgan fingerprint density at radius 3 is 2.22 bits per heavy atom. The van der Waals surface area contributed by atoms with E-state index in [0.717, 1.165) is 20.2 Å². The zero-order valence-electron chi connectivity index (χ0n) is 9.18. The van der Waals surface area contributed by atoms with E-state index >= 15 is 0 Å². The molecule has 0 aliphatic rings. The Morgan fingerprint density at radius 2 is 1.61 bits per heavy atom. The highest BCUT2D eigenvalue weighted by atomic mass is 79.9. The maximum Gasteiger partial charge on any atom is 0.0488 e. The third-order valence-corrected chi connectivity index (χ3v) is 3.92. The summed E-state index contributed by atoms with van der Waals surface area (Å²) >= 11 is 18.8. The van der Waals surface area contributed by atoms with Gasteiger partial charge >= 0.3 is 0 Å². The van der Waals surface area contributed by atoms with E-state index in [1.165, 1.54) is 0 Å². The number of anilines is 1. The molecule has 0 aliphatic carbocycles. The van der Waals surface area contributed by atoms with Crippen molar-refractivity contribution in [3.8, 4) is 0 Å². The number of nitrogens with one attached hydrogen (secondary N) is 1. The topological polar surface area (TPSA) is 12.0 Å². The molecule has 94 valence electrons. The molecule has 0 unspecified atom stereocenters. The van der Waals surface area contributed by atoms with Crippen molar-refractivity contribution in [1.82, 2.24) is 0 Å². The summed E-state index contributed by atoms with van der Waals surface area (Å²) in [6, 6.07) is 11.5. The van der Waals surface area contributed by atoms with Crippen molar-refractivity contribution in [3.63, 3.8) is 0 Å². The van der Waals surface area contributed by atoms with Crippen molar-refractivity contribution in [3.05, 3.63) is 61.0 Å². The van der Waals surface area contributed by atoms with Crippen LogP contribution in [-0.2, 0) is 6.54 Å². The maximum atomic E-state index is 5.96. The standard InChI is InChI=1S/C13H9Br2Cl2N/c14-9-1-2-13(12(15)5-9)18-7-8-3-10(16)6-11(17)4-8/h1-6,18H,7H2. The minimum absolute atomic E-state index is 0.647.